The van der Waals surface area contributed by atoms with E-state index in [4.69, 9.17) is 46.4 Å². The second-order valence-electron chi connectivity index (χ2n) is 5.42. The van der Waals surface area contributed by atoms with E-state index in [2.05, 4.69) is 0 Å². The van der Waals surface area contributed by atoms with Gasteiger partial charge in [-0.05, 0) is 38.1 Å². The predicted molar refractivity (Wildman–Crippen MR) is 107 cm³/mol. The summed E-state index contributed by atoms with van der Waals surface area (Å²) in [6.07, 6.45) is 0. The Labute approximate surface area is 167 Å². The van der Waals surface area contributed by atoms with Crippen molar-refractivity contribution in [3.8, 4) is 0 Å². The standard InChI is InChI=1S/C18H14Cl4O2S/c1-11-3-5-17(13(7-11)15(21)9-19)25(23,24)18-6-4-12(2)8-14(18)16(22)10-20/h3-10H,1-2H3. The lowest BCUT2D eigenvalue weighted by Crippen LogP contribution is -2.08. The molecule has 2 aromatic rings. The molecule has 0 aliphatic carbocycles. The molecule has 0 saturated carbocycles. The number of hydrogen-bond acceptors (Lipinski definition) is 2. The summed E-state index contributed by atoms with van der Waals surface area (Å²) >= 11 is 23.6. The van der Waals surface area contributed by atoms with Crippen molar-refractivity contribution in [2.45, 2.75) is 23.6 Å². The van der Waals surface area contributed by atoms with Crippen molar-refractivity contribution < 1.29 is 8.42 Å². The van der Waals surface area contributed by atoms with E-state index in [1.165, 1.54) is 12.1 Å². The molecule has 0 saturated heterocycles. The molecule has 0 amide bonds. The molecule has 0 aliphatic rings. The Balaban J connectivity index is 2.82. The van der Waals surface area contributed by atoms with E-state index in [-0.39, 0.29) is 19.9 Å². The molecular weight excluding hydrogens is 422 g/mol. The van der Waals surface area contributed by atoms with Crippen LogP contribution in [0, 0.1) is 13.8 Å². The summed E-state index contributed by atoms with van der Waals surface area (Å²) in [5, 5.41) is 0.271. The predicted octanol–water partition coefficient (Wildman–Crippen LogP) is 6.69. The average Bonchev–Trinajstić information content (AvgIpc) is 2.59. The van der Waals surface area contributed by atoms with Gasteiger partial charge in [-0.15, -0.1) is 0 Å². The van der Waals surface area contributed by atoms with Gasteiger partial charge in [0.15, 0.2) is 0 Å². The Bertz CT molecular complexity index is 903. The van der Waals surface area contributed by atoms with E-state index >= 15 is 0 Å². The molecule has 0 aliphatic heterocycles. The fraction of sp³-hybridized carbons (Fsp3) is 0.111. The van der Waals surface area contributed by atoms with Crippen molar-refractivity contribution in [1.82, 2.24) is 0 Å². The van der Waals surface area contributed by atoms with E-state index in [0.717, 1.165) is 22.2 Å². The van der Waals surface area contributed by atoms with Gasteiger partial charge in [-0.2, -0.15) is 0 Å². The Kier molecular flexibility index (Phi) is 6.63. The summed E-state index contributed by atoms with van der Waals surface area (Å²) in [7, 11) is -3.91. The van der Waals surface area contributed by atoms with Gasteiger partial charge in [0.1, 0.15) is 0 Å². The lowest BCUT2D eigenvalue weighted by molar-refractivity contribution is 0.595. The minimum Gasteiger partial charge on any atom is -0.218 e. The Morgan fingerprint density at radius 1 is 0.800 bits per heavy atom. The van der Waals surface area contributed by atoms with Crippen LogP contribution in [0.4, 0.5) is 0 Å². The monoisotopic (exact) mass is 434 g/mol. The summed E-state index contributed by atoms with van der Waals surface area (Å²) in [4.78, 5) is 0.0910. The Morgan fingerprint density at radius 2 is 1.16 bits per heavy atom. The fourth-order valence-corrected chi connectivity index (χ4v) is 4.67. The van der Waals surface area contributed by atoms with Gasteiger partial charge >= 0.3 is 0 Å². The van der Waals surface area contributed by atoms with Crippen LogP contribution in [0.25, 0.3) is 10.1 Å². The Morgan fingerprint density at radius 3 is 1.48 bits per heavy atom. The van der Waals surface area contributed by atoms with Gasteiger partial charge in [0, 0.05) is 22.2 Å². The van der Waals surface area contributed by atoms with Gasteiger partial charge in [0.2, 0.25) is 9.84 Å². The van der Waals surface area contributed by atoms with Crippen LogP contribution >= 0.6 is 46.4 Å². The van der Waals surface area contributed by atoms with E-state index in [9.17, 15) is 8.42 Å². The van der Waals surface area contributed by atoms with E-state index in [0.29, 0.717) is 11.1 Å². The van der Waals surface area contributed by atoms with Crippen molar-refractivity contribution in [3.05, 3.63) is 69.7 Å². The van der Waals surface area contributed by atoms with Crippen LogP contribution in [0.15, 0.2) is 57.3 Å². The van der Waals surface area contributed by atoms with Crippen molar-refractivity contribution in [1.29, 1.82) is 0 Å². The average molecular weight is 436 g/mol. The van der Waals surface area contributed by atoms with Gasteiger partial charge in [-0.25, -0.2) is 8.42 Å². The highest BCUT2D eigenvalue weighted by atomic mass is 35.5. The molecule has 2 nitrogen and oxygen atoms in total. The van der Waals surface area contributed by atoms with Crippen LogP contribution in [0.5, 0.6) is 0 Å². The molecule has 0 heterocycles. The number of benzene rings is 2. The molecule has 0 atom stereocenters. The van der Waals surface area contributed by atoms with Crippen LogP contribution in [0.3, 0.4) is 0 Å². The molecule has 7 heteroatoms. The normalized spacial score (nSPS) is 13.2. The molecule has 0 unspecified atom stereocenters. The zero-order chi connectivity index (χ0) is 18.8. The second kappa shape index (κ2) is 8.15. The van der Waals surface area contributed by atoms with Crippen LogP contribution in [-0.2, 0) is 9.84 Å². The number of halogens is 4. The molecule has 0 N–H and O–H groups in total. The maximum atomic E-state index is 13.3. The highest BCUT2D eigenvalue weighted by molar-refractivity contribution is 7.91. The highest BCUT2D eigenvalue weighted by Gasteiger charge is 2.26. The van der Waals surface area contributed by atoms with Crippen molar-refractivity contribution in [2.75, 3.05) is 0 Å². The summed E-state index contributed by atoms with van der Waals surface area (Å²) in [6.45, 7) is 3.67. The lowest BCUT2D eigenvalue weighted by atomic mass is 10.1. The maximum Gasteiger partial charge on any atom is 0.207 e. The molecule has 132 valence electrons. The zero-order valence-electron chi connectivity index (χ0n) is 13.4. The molecular formula is C18H14Cl4O2S. The zero-order valence-corrected chi connectivity index (χ0v) is 17.2. The smallest absolute Gasteiger partial charge is 0.207 e. The summed E-state index contributed by atoms with van der Waals surface area (Å²) < 4.78 is 26.6. The molecule has 2 aromatic carbocycles. The Hall–Kier alpha value is -0.970. The quantitative estimate of drug-likeness (QED) is 0.536. The maximum absolute atomic E-state index is 13.3. The third-order valence-electron chi connectivity index (χ3n) is 3.56. The van der Waals surface area contributed by atoms with Gasteiger partial charge in [0.05, 0.1) is 19.9 Å². The van der Waals surface area contributed by atoms with Crippen molar-refractivity contribution >= 4 is 66.3 Å². The molecule has 0 bridgehead atoms. The first-order chi connectivity index (χ1) is 11.7. The van der Waals surface area contributed by atoms with E-state index in [1.54, 1.807) is 24.3 Å². The summed E-state index contributed by atoms with van der Waals surface area (Å²) in [5.74, 6) is 0. The molecule has 2 rings (SSSR count). The summed E-state index contributed by atoms with van der Waals surface area (Å²) in [6, 6.07) is 9.74. The van der Waals surface area contributed by atoms with Crippen molar-refractivity contribution in [2.24, 2.45) is 0 Å². The van der Waals surface area contributed by atoms with Crippen LogP contribution in [-0.4, -0.2) is 8.42 Å². The first-order valence-corrected chi connectivity index (χ1v) is 10.2. The summed E-state index contributed by atoms with van der Waals surface area (Å²) in [5.41, 5.74) is 4.64. The van der Waals surface area contributed by atoms with Crippen LogP contribution in [0.2, 0.25) is 0 Å². The lowest BCUT2D eigenvalue weighted by Gasteiger charge is -2.14. The van der Waals surface area contributed by atoms with Gasteiger partial charge in [-0.1, -0.05) is 69.7 Å². The minimum absolute atomic E-state index is 0.0455. The van der Waals surface area contributed by atoms with Crippen LogP contribution < -0.4 is 0 Å². The fourth-order valence-electron chi connectivity index (χ4n) is 2.37. The number of sulfone groups is 1. The largest absolute Gasteiger partial charge is 0.218 e. The molecule has 0 spiro atoms. The SMILES string of the molecule is Cc1ccc(S(=O)(=O)c2ccc(C)cc2C(Cl)=CCl)c(C(Cl)=CCl)c1. The molecule has 0 radical (unpaired) electrons. The third-order valence-corrected chi connectivity index (χ3v) is 6.71. The van der Waals surface area contributed by atoms with Crippen molar-refractivity contribution in [3.63, 3.8) is 0 Å². The number of hydrogen-bond donors (Lipinski definition) is 0. The number of aryl methyl sites for hydroxylation is 2. The van der Waals surface area contributed by atoms with Gasteiger partial charge in [0.25, 0.3) is 0 Å². The third kappa shape index (κ3) is 4.24. The first-order valence-electron chi connectivity index (χ1n) is 7.11. The van der Waals surface area contributed by atoms with Gasteiger partial charge < -0.3 is 0 Å². The highest BCUT2D eigenvalue weighted by Crippen LogP contribution is 2.36. The van der Waals surface area contributed by atoms with E-state index in [1.807, 2.05) is 13.8 Å². The first kappa shape index (κ1) is 20.3. The molecule has 0 aromatic heterocycles. The molecule has 0 fully saturated rings. The van der Waals surface area contributed by atoms with E-state index < -0.39 is 9.84 Å². The second-order valence-corrected chi connectivity index (χ2v) is 8.55. The van der Waals surface area contributed by atoms with Crippen LogP contribution in [0.1, 0.15) is 22.3 Å². The topological polar surface area (TPSA) is 34.1 Å². The minimum atomic E-state index is -3.91. The molecule has 25 heavy (non-hydrogen) atoms. The number of rotatable bonds is 4. The van der Waals surface area contributed by atoms with Gasteiger partial charge in [-0.3, -0.25) is 0 Å².